The molecular formula is C9H13BrN2O3S2. The van der Waals surface area contributed by atoms with Gasteiger partial charge >= 0.3 is 0 Å². The summed E-state index contributed by atoms with van der Waals surface area (Å²) in [7, 11) is -3.62. The Balaban J connectivity index is 2.77. The molecule has 0 radical (unpaired) electrons. The van der Waals surface area contributed by atoms with E-state index in [-0.39, 0.29) is 10.1 Å². The largest absolute Gasteiger partial charge is 0.355 e. The molecule has 0 aliphatic rings. The molecule has 0 fully saturated rings. The lowest BCUT2D eigenvalue weighted by Crippen LogP contribution is -2.44. The van der Waals surface area contributed by atoms with Crippen molar-refractivity contribution in [1.82, 2.24) is 10.0 Å². The minimum atomic E-state index is -3.62. The number of likely N-dealkylation sites (N-methyl/N-ethyl adjacent to an activating group) is 1. The van der Waals surface area contributed by atoms with E-state index in [1.807, 2.05) is 0 Å². The molecule has 1 aromatic rings. The monoisotopic (exact) mass is 340 g/mol. The highest BCUT2D eigenvalue weighted by Gasteiger charge is 2.22. The summed E-state index contributed by atoms with van der Waals surface area (Å²) in [5.41, 5.74) is 0. The Morgan fingerprint density at radius 3 is 2.65 bits per heavy atom. The molecule has 1 rings (SSSR count). The maximum absolute atomic E-state index is 11.9. The van der Waals surface area contributed by atoms with Crippen molar-refractivity contribution in [2.75, 3.05) is 6.54 Å². The van der Waals surface area contributed by atoms with Crippen LogP contribution in [0, 0.1) is 0 Å². The number of carbonyl (C=O) groups excluding carboxylic acids is 1. The molecule has 2 N–H and O–H groups in total. The Morgan fingerprint density at radius 2 is 2.18 bits per heavy atom. The number of halogens is 1. The first-order valence-electron chi connectivity index (χ1n) is 4.92. The van der Waals surface area contributed by atoms with Crippen LogP contribution in [0.2, 0.25) is 0 Å². The molecule has 0 saturated carbocycles. The van der Waals surface area contributed by atoms with Crippen LogP contribution < -0.4 is 10.0 Å². The van der Waals surface area contributed by atoms with Crippen LogP contribution in [-0.2, 0) is 14.8 Å². The van der Waals surface area contributed by atoms with E-state index in [4.69, 9.17) is 0 Å². The van der Waals surface area contributed by atoms with Gasteiger partial charge in [0.25, 0.3) is 10.0 Å². The van der Waals surface area contributed by atoms with Crippen molar-refractivity contribution in [2.45, 2.75) is 24.1 Å². The predicted octanol–water partition coefficient (Wildman–Crippen LogP) is 1.31. The topological polar surface area (TPSA) is 75.3 Å². The van der Waals surface area contributed by atoms with Gasteiger partial charge < -0.3 is 5.32 Å². The molecule has 0 aliphatic carbocycles. The average Bonchev–Trinajstić information content (AvgIpc) is 2.65. The minimum absolute atomic E-state index is 0.181. The zero-order valence-corrected chi connectivity index (χ0v) is 12.6. The first-order chi connectivity index (χ1) is 7.86. The first-order valence-corrected chi connectivity index (χ1v) is 8.01. The molecule has 1 atom stereocenters. The Kier molecular flexibility index (Phi) is 5.11. The number of carbonyl (C=O) groups is 1. The van der Waals surface area contributed by atoms with Crippen molar-refractivity contribution in [3.05, 3.63) is 15.9 Å². The summed E-state index contributed by atoms with van der Waals surface area (Å²) >= 11 is 4.29. The molecule has 0 bridgehead atoms. The molecule has 1 heterocycles. The summed E-state index contributed by atoms with van der Waals surface area (Å²) in [4.78, 5) is 11.4. The van der Waals surface area contributed by atoms with Gasteiger partial charge in [-0.05, 0) is 41.9 Å². The summed E-state index contributed by atoms with van der Waals surface area (Å²) in [5, 5.41) is 2.55. The fourth-order valence-corrected chi connectivity index (χ4v) is 4.34. The third-order valence-electron chi connectivity index (χ3n) is 1.89. The summed E-state index contributed by atoms with van der Waals surface area (Å²) in [6.45, 7) is 3.75. The predicted molar refractivity (Wildman–Crippen MR) is 70.5 cm³/mol. The van der Waals surface area contributed by atoms with E-state index in [0.717, 1.165) is 15.1 Å². The van der Waals surface area contributed by atoms with Gasteiger partial charge in [-0.3, -0.25) is 4.79 Å². The normalized spacial score (nSPS) is 13.4. The zero-order chi connectivity index (χ0) is 13.1. The van der Waals surface area contributed by atoms with Crippen LogP contribution in [0.25, 0.3) is 0 Å². The third-order valence-corrected chi connectivity index (χ3v) is 5.55. The Bertz CT molecular complexity index is 498. The van der Waals surface area contributed by atoms with Gasteiger partial charge in [-0.1, -0.05) is 0 Å². The summed E-state index contributed by atoms with van der Waals surface area (Å²) in [6.07, 6.45) is 0. The zero-order valence-electron chi connectivity index (χ0n) is 9.36. The molecular weight excluding hydrogens is 328 g/mol. The molecule has 1 unspecified atom stereocenters. The lowest BCUT2D eigenvalue weighted by molar-refractivity contribution is -0.122. The van der Waals surface area contributed by atoms with Crippen molar-refractivity contribution in [1.29, 1.82) is 0 Å². The first kappa shape index (κ1) is 14.6. The molecule has 96 valence electrons. The molecule has 0 spiro atoms. The molecule has 0 aliphatic heterocycles. The van der Waals surface area contributed by atoms with Gasteiger partial charge in [0.1, 0.15) is 4.21 Å². The van der Waals surface area contributed by atoms with Gasteiger partial charge in [-0.25, -0.2) is 8.42 Å². The van der Waals surface area contributed by atoms with E-state index in [1.54, 1.807) is 13.0 Å². The molecule has 8 heteroatoms. The molecule has 17 heavy (non-hydrogen) atoms. The van der Waals surface area contributed by atoms with Gasteiger partial charge in [0.05, 0.1) is 9.83 Å². The standard InChI is InChI=1S/C9H13BrN2O3S2/c1-3-11-9(13)6(2)12-17(14,15)8-5-4-7(10)16-8/h4-6,12H,3H2,1-2H3,(H,11,13). The number of rotatable bonds is 5. The van der Waals surface area contributed by atoms with Crippen molar-refractivity contribution >= 4 is 43.2 Å². The van der Waals surface area contributed by atoms with E-state index in [1.165, 1.54) is 13.0 Å². The molecule has 1 aromatic heterocycles. The van der Waals surface area contributed by atoms with E-state index in [0.29, 0.717) is 6.54 Å². The van der Waals surface area contributed by atoms with Crippen LogP contribution in [0.1, 0.15) is 13.8 Å². The Morgan fingerprint density at radius 1 is 1.53 bits per heavy atom. The van der Waals surface area contributed by atoms with E-state index >= 15 is 0 Å². The number of hydrogen-bond acceptors (Lipinski definition) is 4. The summed E-state index contributed by atoms with van der Waals surface area (Å²) in [5.74, 6) is -0.341. The summed E-state index contributed by atoms with van der Waals surface area (Å²) in [6, 6.07) is 2.35. The molecule has 5 nitrogen and oxygen atoms in total. The van der Waals surface area contributed by atoms with Crippen molar-refractivity contribution in [3.63, 3.8) is 0 Å². The van der Waals surface area contributed by atoms with Crippen LogP contribution in [0.4, 0.5) is 0 Å². The lowest BCUT2D eigenvalue weighted by Gasteiger charge is -2.12. The second kappa shape index (κ2) is 5.94. The SMILES string of the molecule is CCNC(=O)C(C)NS(=O)(=O)c1ccc(Br)s1. The average molecular weight is 341 g/mol. The lowest BCUT2D eigenvalue weighted by atomic mass is 10.3. The quantitative estimate of drug-likeness (QED) is 0.848. The fraction of sp³-hybridized carbons (Fsp3) is 0.444. The van der Waals surface area contributed by atoms with Gasteiger partial charge in [-0.2, -0.15) is 4.72 Å². The second-order valence-electron chi connectivity index (χ2n) is 3.30. The third kappa shape index (κ3) is 4.06. The highest BCUT2D eigenvalue weighted by molar-refractivity contribution is 9.11. The van der Waals surface area contributed by atoms with Gasteiger partial charge in [0.15, 0.2) is 0 Å². The highest BCUT2D eigenvalue weighted by Crippen LogP contribution is 2.25. The Hall–Kier alpha value is -0.440. The van der Waals surface area contributed by atoms with Gasteiger partial charge in [0, 0.05) is 6.54 Å². The number of nitrogens with one attached hydrogen (secondary N) is 2. The molecule has 0 saturated heterocycles. The molecule has 1 amide bonds. The van der Waals surface area contributed by atoms with Gasteiger partial charge in [0.2, 0.25) is 5.91 Å². The van der Waals surface area contributed by atoms with E-state index in [9.17, 15) is 13.2 Å². The number of hydrogen-bond donors (Lipinski definition) is 2. The van der Waals surface area contributed by atoms with Crippen LogP contribution in [-0.4, -0.2) is 26.9 Å². The van der Waals surface area contributed by atoms with Crippen LogP contribution in [0.15, 0.2) is 20.1 Å². The van der Waals surface area contributed by atoms with Crippen LogP contribution in [0.5, 0.6) is 0 Å². The van der Waals surface area contributed by atoms with Crippen molar-refractivity contribution < 1.29 is 13.2 Å². The number of amides is 1. The minimum Gasteiger partial charge on any atom is -0.355 e. The maximum Gasteiger partial charge on any atom is 0.250 e. The summed E-state index contributed by atoms with van der Waals surface area (Å²) < 4.78 is 27.0. The van der Waals surface area contributed by atoms with Gasteiger partial charge in [-0.15, -0.1) is 11.3 Å². The van der Waals surface area contributed by atoms with E-state index in [2.05, 4.69) is 26.0 Å². The van der Waals surface area contributed by atoms with E-state index < -0.39 is 16.1 Å². The van der Waals surface area contributed by atoms with Crippen LogP contribution >= 0.6 is 27.3 Å². The van der Waals surface area contributed by atoms with Crippen molar-refractivity contribution in [3.8, 4) is 0 Å². The van der Waals surface area contributed by atoms with Crippen LogP contribution in [0.3, 0.4) is 0 Å². The van der Waals surface area contributed by atoms with Crippen molar-refractivity contribution in [2.24, 2.45) is 0 Å². The highest BCUT2D eigenvalue weighted by atomic mass is 79.9. The molecule has 0 aromatic carbocycles. The maximum atomic E-state index is 11.9. The fourth-order valence-electron chi connectivity index (χ4n) is 1.11. The number of thiophene rings is 1. The smallest absolute Gasteiger partial charge is 0.250 e. The number of sulfonamides is 1. The second-order valence-corrected chi connectivity index (χ2v) is 7.70. The Labute approximate surface area is 113 Å².